The van der Waals surface area contributed by atoms with E-state index >= 15 is 0 Å². The Morgan fingerprint density at radius 3 is 2.18 bits per heavy atom. The topological polar surface area (TPSA) is 73.2 Å². The predicted octanol–water partition coefficient (Wildman–Crippen LogP) is 6.37. The van der Waals surface area contributed by atoms with Crippen molar-refractivity contribution < 1.29 is 9.59 Å². The van der Waals surface area contributed by atoms with E-state index < -0.39 is 11.2 Å². The van der Waals surface area contributed by atoms with Crippen molar-refractivity contribution >= 4 is 58.2 Å². The predicted molar refractivity (Wildman–Crippen MR) is 138 cm³/mol. The summed E-state index contributed by atoms with van der Waals surface area (Å²) in [7, 11) is 0. The van der Waals surface area contributed by atoms with Gasteiger partial charge in [0.2, 0.25) is 5.91 Å². The monoisotopic (exact) mass is 507 g/mol. The molecular weight excluding hydrogens is 489 g/mol. The Morgan fingerprint density at radius 1 is 1.00 bits per heavy atom. The third kappa shape index (κ3) is 5.28. The first-order valence-corrected chi connectivity index (χ1v) is 12.0. The van der Waals surface area contributed by atoms with Gasteiger partial charge in [0.25, 0.3) is 5.91 Å². The fraction of sp³-hybridized carbons (Fsp3) is 0.115. The number of amides is 2. The molecule has 0 radical (unpaired) electrons. The number of nitriles is 1. The number of anilines is 2. The zero-order chi connectivity index (χ0) is 24.2. The van der Waals surface area contributed by atoms with E-state index in [9.17, 15) is 14.9 Å². The lowest BCUT2D eigenvalue weighted by Crippen LogP contribution is -2.30. The van der Waals surface area contributed by atoms with Crippen molar-refractivity contribution in [2.24, 2.45) is 0 Å². The number of thioether (sulfide) groups is 1. The highest BCUT2D eigenvalue weighted by Crippen LogP contribution is 2.42. The molecule has 170 valence electrons. The molecule has 0 bridgehead atoms. The van der Waals surface area contributed by atoms with Crippen LogP contribution in [0.5, 0.6) is 0 Å². The van der Waals surface area contributed by atoms with Gasteiger partial charge in [0.15, 0.2) is 0 Å². The number of carbonyl (C=O) groups excluding carboxylic acids is 2. The fourth-order valence-electron chi connectivity index (χ4n) is 3.48. The van der Waals surface area contributed by atoms with Gasteiger partial charge in [-0.25, -0.2) is 0 Å². The van der Waals surface area contributed by atoms with Gasteiger partial charge in [-0.3, -0.25) is 14.5 Å². The highest BCUT2D eigenvalue weighted by Gasteiger charge is 2.40. The molecule has 1 aliphatic heterocycles. The van der Waals surface area contributed by atoms with Gasteiger partial charge in [-0.1, -0.05) is 64.8 Å². The Labute approximate surface area is 212 Å². The number of benzene rings is 3. The van der Waals surface area contributed by atoms with E-state index in [1.54, 1.807) is 48.5 Å². The Hall–Kier alpha value is -3.24. The molecule has 1 saturated heterocycles. The van der Waals surface area contributed by atoms with Gasteiger partial charge in [-0.2, -0.15) is 5.26 Å². The molecule has 5 nitrogen and oxygen atoms in total. The number of halogens is 2. The van der Waals surface area contributed by atoms with E-state index in [0.717, 1.165) is 11.1 Å². The van der Waals surface area contributed by atoms with Crippen LogP contribution < -0.4 is 10.2 Å². The Morgan fingerprint density at radius 2 is 1.59 bits per heavy atom. The molecule has 1 heterocycles. The summed E-state index contributed by atoms with van der Waals surface area (Å²) >= 11 is 13.2. The number of aryl methyl sites for hydroxylation is 1. The number of rotatable bonds is 5. The van der Waals surface area contributed by atoms with E-state index in [0.29, 0.717) is 32.9 Å². The van der Waals surface area contributed by atoms with Crippen molar-refractivity contribution in [3.8, 4) is 6.07 Å². The smallest absolute Gasteiger partial charge is 0.269 e. The first-order valence-electron chi connectivity index (χ1n) is 10.4. The zero-order valence-electron chi connectivity index (χ0n) is 18.1. The quantitative estimate of drug-likeness (QED) is 0.321. The van der Waals surface area contributed by atoms with E-state index in [4.69, 9.17) is 23.2 Å². The summed E-state index contributed by atoms with van der Waals surface area (Å²) in [5, 5.41) is 13.5. The molecule has 1 N–H and O–H groups in total. The fourth-order valence-corrected chi connectivity index (χ4v) is 5.04. The first kappa shape index (κ1) is 23.9. The Balaban J connectivity index is 1.71. The molecular formula is C26H19Cl2N3O2S. The van der Waals surface area contributed by atoms with E-state index in [2.05, 4.69) is 5.32 Å². The van der Waals surface area contributed by atoms with Crippen LogP contribution in [0.1, 0.15) is 11.1 Å². The van der Waals surface area contributed by atoms with Gasteiger partial charge < -0.3 is 5.32 Å². The minimum Gasteiger partial charge on any atom is -0.321 e. The molecule has 4 rings (SSSR count). The minimum atomic E-state index is -0.602. The highest BCUT2D eigenvalue weighted by atomic mass is 35.5. The summed E-state index contributed by atoms with van der Waals surface area (Å²) in [6, 6.07) is 23.2. The van der Waals surface area contributed by atoms with Crippen LogP contribution in [-0.2, 0) is 16.0 Å². The normalized spacial score (nSPS) is 16.8. The molecule has 3 aromatic rings. The molecule has 1 fully saturated rings. The maximum absolute atomic E-state index is 13.5. The highest BCUT2D eigenvalue weighted by molar-refractivity contribution is 8.05. The van der Waals surface area contributed by atoms with Crippen LogP contribution in [0, 0.1) is 18.3 Å². The first-order chi connectivity index (χ1) is 16.4. The van der Waals surface area contributed by atoms with Gasteiger partial charge in [0.05, 0.1) is 5.25 Å². The summed E-state index contributed by atoms with van der Waals surface area (Å²) in [5.74, 6) is -0.801. The number of nitrogens with one attached hydrogen (secondary N) is 1. The molecule has 1 unspecified atom stereocenters. The van der Waals surface area contributed by atoms with Crippen LogP contribution in [0.4, 0.5) is 11.4 Å². The second-order valence-corrected chi connectivity index (χ2v) is 9.76. The lowest BCUT2D eigenvalue weighted by molar-refractivity contribution is -0.117. The minimum absolute atomic E-state index is 0.144. The molecule has 0 saturated carbocycles. The van der Waals surface area contributed by atoms with Crippen molar-refractivity contribution in [1.29, 1.82) is 5.26 Å². The summed E-state index contributed by atoms with van der Waals surface area (Å²) in [4.78, 5) is 28.0. The third-order valence-electron chi connectivity index (χ3n) is 5.23. The van der Waals surface area contributed by atoms with Gasteiger partial charge in [-0.15, -0.1) is 0 Å². The van der Waals surface area contributed by atoms with Gasteiger partial charge >= 0.3 is 0 Å². The van der Waals surface area contributed by atoms with Crippen LogP contribution in [0.25, 0.3) is 0 Å². The molecule has 0 aromatic heterocycles. The summed E-state index contributed by atoms with van der Waals surface area (Å²) in [6.07, 6.45) is 0.467. The maximum Gasteiger partial charge on any atom is 0.269 e. The largest absolute Gasteiger partial charge is 0.321 e. The van der Waals surface area contributed by atoms with Crippen LogP contribution in [0.15, 0.2) is 83.4 Å². The number of carbonyl (C=O) groups is 2. The van der Waals surface area contributed by atoms with Crippen LogP contribution >= 0.6 is 35.0 Å². The third-order valence-corrected chi connectivity index (χ3v) is 7.00. The molecule has 1 atom stereocenters. The zero-order valence-corrected chi connectivity index (χ0v) is 20.4. The maximum atomic E-state index is 13.5. The summed E-state index contributed by atoms with van der Waals surface area (Å²) in [5.41, 5.74) is 3.01. The van der Waals surface area contributed by atoms with Gasteiger partial charge in [-0.05, 0) is 67.4 Å². The lowest BCUT2D eigenvalue weighted by Gasteiger charge is -2.19. The second kappa shape index (κ2) is 10.4. The van der Waals surface area contributed by atoms with Crippen molar-refractivity contribution in [2.75, 3.05) is 10.2 Å². The average molecular weight is 508 g/mol. The van der Waals surface area contributed by atoms with Crippen molar-refractivity contribution in [3.63, 3.8) is 0 Å². The number of nitrogens with zero attached hydrogens (tertiary/aromatic N) is 2. The van der Waals surface area contributed by atoms with E-state index in [1.165, 1.54) is 16.7 Å². The Bertz CT molecular complexity index is 1300. The number of hydrogen-bond donors (Lipinski definition) is 1. The van der Waals surface area contributed by atoms with Crippen molar-refractivity contribution in [3.05, 3.63) is 105 Å². The molecule has 3 aromatic carbocycles. The summed E-state index contributed by atoms with van der Waals surface area (Å²) < 4.78 is 0. The van der Waals surface area contributed by atoms with Gasteiger partial charge in [0.1, 0.15) is 16.7 Å². The summed E-state index contributed by atoms with van der Waals surface area (Å²) in [6.45, 7) is 2.00. The molecule has 34 heavy (non-hydrogen) atoms. The van der Waals surface area contributed by atoms with Crippen molar-refractivity contribution in [1.82, 2.24) is 0 Å². The SMILES string of the molecule is Cc1ccc(CC2SC(=C(C#N)C(=O)Nc3ccc(Cl)cc3)N(c3ccc(Cl)cc3)C2=O)cc1. The van der Waals surface area contributed by atoms with Crippen molar-refractivity contribution in [2.45, 2.75) is 18.6 Å². The Kier molecular flexibility index (Phi) is 7.28. The van der Waals surface area contributed by atoms with Crippen LogP contribution in [-0.4, -0.2) is 17.1 Å². The average Bonchev–Trinajstić information content (AvgIpc) is 3.13. The molecule has 8 heteroatoms. The van der Waals surface area contributed by atoms with Gasteiger partial charge in [0, 0.05) is 21.4 Å². The second-order valence-electron chi connectivity index (χ2n) is 7.70. The molecule has 2 amide bonds. The number of hydrogen-bond acceptors (Lipinski definition) is 4. The standard InChI is InChI=1S/C26H19Cl2N3O2S/c1-16-2-4-17(5-3-16)14-23-25(33)31(21-12-8-19(28)9-13-21)26(34-23)22(15-29)24(32)30-20-10-6-18(27)7-11-20/h2-13,23H,14H2,1H3,(H,30,32). The van der Waals surface area contributed by atoms with E-state index in [-0.39, 0.29) is 11.5 Å². The van der Waals surface area contributed by atoms with Crippen LogP contribution in [0.3, 0.4) is 0 Å². The lowest BCUT2D eigenvalue weighted by atomic mass is 10.1. The molecule has 1 aliphatic rings. The molecule has 0 aliphatic carbocycles. The van der Waals surface area contributed by atoms with Crippen LogP contribution in [0.2, 0.25) is 10.0 Å². The molecule has 0 spiro atoms. The van der Waals surface area contributed by atoms with E-state index in [1.807, 2.05) is 37.3 Å².